The highest BCUT2D eigenvalue weighted by molar-refractivity contribution is 5.88. The summed E-state index contributed by atoms with van der Waals surface area (Å²) in [6.07, 6.45) is 0.143. The third kappa shape index (κ3) is 2.27. The lowest BCUT2D eigenvalue weighted by molar-refractivity contribution is 0.0517. The summed E-state index contributed by atoms with van der Waals surface area (Å²) in [5.74, 6) is -0.571. The second-order valence-electron chi connectivity index (χ2n) is 3.02. The zero-order valence-corrected chi connectivity index (χ0v) is 8.74. The van der Waals surface area contributed by atoms with Gasteiger partial charge in [-0.25, -0.2) is 4.79 Å². The van der Waals surface area contributed by atoms with Crippen molar-refractivity contribution >= 4 is 5.97 Å². The van der Waals surface area contributed by atoms with E-state index in [1.807, 2.05) is 0 Å². The normalized spacial score (nSPS) is 10.3. The standard InChI is InChI=1S/C9H14N2O4/c1-3-15-9(14)7-6(4-5-12)8(13)11(2)10-7/h10,12H,3-5H2,1-2H3. The lowest BCUT2D eigenvalue weighted by atomic mass is 10.2. The lowest BCUT2D eigenvalue weighted by Crippen LogP contribution is -2.16. The number of hydrogen-bond acceptors (Lipinski definition) is 4. The van der Waals surface area contributed by atoms with E-state index in [9.17, 15) is 9.59 Å². The Morgan fingerprint density at radius 1 is 1.60 bits per heavy atom. The monoisotopic (exact) mass is 214 g/mol. The molecule has 0 bridgehead atoms. The van der Waals surface area contributed by atoms with E-state index in [0.29, 0.717) is 0 Å². The van der Waals surface area contributed by atoms with Crippen molar-refractivity contribution in [2.24, 2.45) is 7.05 Å². The first-order chi connectivity index (χ1) is 7.11. The number of aromatic nitrogens is 2. The van der Waals surface area contributed by atoms with Crippen LogP contribution < -0.4 is 5.56 Å². The molecule has 1 heterocycles. The fourth-order valence-electron chi connectivity index (χ4n) is 1.31. The number of ether oxygens (including phenoxy) is 1. The summed E-state index contributed by atoms with van der Waals surface area (Å²) >= 11 is 0. The number of aromatic amines is 1. The van der Waals surface area contributed by atoms with Crippen molar-refractivity contribution in [3.05, 3.63) is 21.6 Å². The number of carbonyl (C=O) groups is 1. The molecule has 0 aromatic carbocycles. The second-order valence-corrected chi connectivity index (χ2v) is 3.02. The molecule has 0 aliphatic carbocycles. The van der Waals surface area contributed by atoms with Crippen LogP contribution in [0.3, 0.4) is 0 Å². The maximum atomic E-state index is 11.5. The van der Waals surface area contributed by atoms with Gasteiger partial charge < -0.3 is 9.84 Å². The van der Waals surface area contributed by atoms with Crippen LogP contribution in [0.2, 0.25) is 0 Å². The minimum absolute atomic E-state index is 0.124. The molecule has 0 aliphatic heterocycles. The molecule has 0 spiro atoms. The quantitative estimate of drug-likeness (QED) is 0.657. The molecule has 0 saturated heterocycles. The van der Waals surface area contributed by atoms with Crippen LogP contribution in [0.5, 0.6) is 0 Å². The number of nitrogens with one attached hydrogen (secondary N) is 1. The number of esters is 1. The Morgan fingerprint density at radius 3 is 2.80 bits per heavy atom. The number of aliphatic hydroxyl groups excluding tert-OH is 1. The van der Waals surface area contributed by atoms with Crippen molar-refractivity contribution in [3.8, 4) is 0 Å². The number of H-pyrrole nitrogens is 1. The summed E-state index contributed by atoms with van der Waals surface area (Å²) < 4.78 is 5.97. The molecule has 0 atom stereocenters. The summed E-state index contributed by atoms with van der Waals surface area (Å²) in [4.78, 5) is 22.9. The van der Waals surface area contributed by atoms with Gasteiger partial charge in [0.15, 0.2) is 0 Å². The fraction of sp³-hybridized carbons (Fsp3) is 0.556. The first-order valence-corrected chi connectivity index (χ1v) is 4.67. The number of rotatable bonds is 4. The third-order valence-electron chi connectivity index (χ3n) is 1.99. The van der Waals surface area contributed by atoms with E-state index in [4.69, 9.17) is 9.84 Å². The second kappa shape index (κ2) is 4.79. The lowest BCUT2D eigenvalue weighted by Gasteiger charge is -2.00. The fourth-order valence-corrected chi connectivity index (χ4v) is 1.31. The molecule has 2 N–H and O–H groups in total. The van der Waals surface area contributed by atoms with Crippen LogP contribution in [0.1, 0.15) is 23.0 Å². The van der Waals surface area contributed by atoms with Crippen LogP contribution in [-0.4, -0.2) is 34.1 Å². The molecule has 6 nitrogen and oxygen atoms in total. The van der Waals surface area contributed by atoms with E-state index >= 15 is 0 Å². The van der Waals surface area contributed by atoms with Gasteiger partial charge in [-0.1, -0.05) is 0 Å². The van der Waals surface area contributed by atoms with E-state index in [-0.39, 0.29) is 36.5 Å². The van der Waals surface area contributed by atoms with E-state index in [1.165, 1.54) is 11.7 Å². The Labute approximate surface area is 86.5 Å². The van der Waals surface area contributed by atoms with E-state index in [1.54, 1.807) is 6.92 Å². The van der Waals surface area contributed by atoms with Crippen molar-refractivity contribution in [3.63, 3.8) is 0 Å². The Kier molecular flexibility index (Phi) is 3.68. The molecule has 1 aromatic heterocycles. The van der Waals surface area contributed by atoms with Crippen LogP contribution in [0, 0.1) is 0 Å². The maximum Gasteiger partial charge on any atom is 0.356 e. The third-order valence-corrected chi connectivity index (χ3v) is 1.99. The molecule has 0 fully saturated rings. The number of aryl methyl sites for hydroxylation is 1. The van der Waals surface area contributed by atoms with Crippen LogP contribution in [0.15, 0.2) is 4.79 Å². The smallest absolute Gasteiger partial charge is 0.356 e. The van der Waals surface area contributed by atoms with Crippen LogP contribution >= 0.6 is 0 Å². The number of aliphatic hydroxyl groups is 1. The van der Waals surface area contributed by atoms with Crippen LogP contribution in [0.25, 0.3) is 0 Å². The summed E-state index contributed by atoms with van der Waals surface area (Å²) in [6.45, 7) is 1.75. The van der Waals surface area contributed by atoms with Crippen LogP contribution in [-0.2, 0) is 18.2 Å². The zero-order valence-electron chi connectivity index (χ0n) is 8.74. The molecule has 0 amide bonds. The van der Waals surface area contributed by atoms with Gasteiger partial charge in [-0.3, -0.25) is 14.6 Å². The highest BCUT2D eigenvalue weighted by atomic mass is 16.5. The van der Waals surface area contributed by atoms with Crippen molar-refractivity contribution in [1.82, 2.24) is 9.78 Å². The minimum Gasteiger partial charge on any atom is -0.461 e. The summed E-state index contributed by atoms with van der Waals surface area (Å²) in [6, 6.07) is 0. The van der Waals surface area contributed by atoms with Gasteiger partial charge in [-0.05, 0) is 6.92 Å². The van der Waals surface area contributed by atoms with Gasteiger partial charge in [0, 0.05) is 20.1 Å². The molecular formula is C9H14N2O4. The van der Waals surface area contributed by atoms with Crippen molar-refractivity contribution in [2.75, 3.05) is 13.2 Å². The predicted octanol–water partition coefficient (Wildman–Crippen LogP) is -0.575. The largest absolute Gasteiger partial charge is 0.461 e. The van der Waals surface area contributed by atoms with Gasteiger partial charge in [0.2, 0.25) is 0 Å². The number of carbonyl (C=O) groups excluding carboxylic acids is 1. The summed E-state index contributed by atoms with van der Waals surface area (Å²) in [7, 11) is 1.51. The van der Waals surface area contributed by atoms with Gasteiger partial charge in [0.1, 0.15) is 5.69 Å². The molecular weight excluding hydrogens is 200 g/mol. The Hall–Kier alpha value is -1.56. The molecule has 84 valence electrons. The summed E-state index contributed by atoms with van der Waals surface area (Å²) in [5.41, 5.74) is 0.0731. The Morgan fingerprint density at radius 2 is 2.27 bits per heavy atom. The van der Waals surface area contributed by atoms with Crippen molar-refractivity contribution in [2.45, 2.75) is 13.3 Å². The van der Waals surface area contributed by atoms with Gasteiger partial charge in [-0.15, -0.1) is 0 Å². The molecule has 15 heavy (non-hydrogen) atoms. The molecule has 0 saturated carbocycles. The first kappa shape index (κ1) is 11.5. The minimum atomic E-state index is -0.571. The molecule has 6 heteroatoms. The Balaban J connectivity index is 3.11. The predicted molar refractivity (Wildman–Crippen MR) is 52.8 cm³/mol. The van der Waals surface area contributed by atoms with Gasteiger partial charge in [0.25, 0.3) is 5.56 Å². The Bertz CT molecular complexity index is 405. The van der Waals surface area contributed by atoms with Crippen LogP contribution in [0.4, 0.5) is 0 Å². The SMILES string of the molecule is CCOC(=O)c1[nH]n(C)c(=O)c1CCO. The molecule has 1 rings (SSSR count). The molecule has 0 radical (unpaired) electrons. The number of nitrogens with zero attached hydrogens (tertiary/aromatic N) is 1. The highest BCUT2D eigenvalue weighted by Gasteiger charge is 2.19. The van der Waals surface area contributed by atoms with E-state index in [0.717, 1.165) is 0 Å². The maximum absolute atomic E-state index is 11.5. The van der Waals surface area contributed by atoms with Crippen molar-refractivity contribution in [1.29, 1.82) is 0 Å². The van der Waals surface area contributed by atoms with Gasteiger partial charge in [0.05, 0.1) is 12.2 Å². The van der Waals surface area contributed by atoms with E-state index < -0.39 is 5.97 Å². The zero-order chi connectivity index (χ0) is 11.4. The molecule has 1 aromatic rings. The average Bonchev–Trinajstić information content (AvgIpc) is 2.47. The highest BCUT2D eigenvalue weighted by Crippen LogP contribution is 2.03. The molecule has 0 unspecified atom stereocenters. The summed E-state index contributed by atoms with van der Waals surface area (Å²) in [5, 5.41) is 11.4. The van der Waals surface area contributed by atoms with E-state index in [2.05, 4.69) is 5.10 Å². The molecule has 0 aliphatic rings. The topological polar surface area (TPSA) is 84.3 Å². The van der Waals surface area contributed by atoms with Gasteiger partial charge in [-0.2, -0.15) is 0 Å². The number of hydrogen-bond donors (Lipinski definition) is 2. The first-order valence-electron chi connectivity index (χ1n) is 4.67. The average molecular weight is 214 g/mol. The van der Waals surface area contributed by atoms with Gasteiger partial charge >= 0.3 is 5.97 Å². The van der Waals surface area contributed by atoms with Crippen molar-refractivity contribution < 1.29 is 14.6 Å².